The van der Waals surface area contributed by atoms with E-state index in [1.54, 1.807) is 4.68 Å². The molecular weight excluding hydrogens is 268 g/mol. The van der Waals surface area contributed by atoms with Crippen molar-refractivity contribution in [2.24, 2.45) is 0 Å². The van der Waals surface area contributed by atoms with Gasteiger partial charge in [-0.05, 0) is 6.42 Å². The Balaban J connectivity index is 2.00. The summed E-state index contributed by atoms with van der Waals surface area (Å²) in [6, 6.07) is -0.710. The third kappa shape index (κ3) is 3.06. The van der Waals surface area contributed by atoms with Crippen LogP contribution in [0.15, 0.2) is 12.7 Å². The molecule has 8 heteroatoms. The van der Waals surface area contributed by atoms with Crippen molar-refractivity contribution < 1.29 is 14.7 Å². The monoisotopic (exact) mass is 284 g/mol. The van der Waals surface area contributed by atoms with Gasteiger partial charge in [-0.3, -0.25) is 9.48 Å². The lowest BCUT2D eigenvalue weighted by Crippen LogP contribution is -2.45. The smallest absolute Gasteiger partial charge is 0.327 e. The van der Waals surface area contributed by atoms with E-state index < -0.39 is 12.0 Å². The summed E-state index contributed by atoms with van der Waals surface area (Å²) in [5.41, 5.74) is 0. The lowest BCUT2D eigenvalue weighted by molar-refractivity contribution is -0.149. The lowest BCUT2D eigenvalue weighted by Gasteiger charge is -2.26. The van der Waals surface area contributed by atoms with Gasteiger partial charge in [0.05, 0.1) is 11.9 Å². The number of rotatable bonds is 5. The summed E-state index contributed by atoms with van der Waals surface area (Å²) < 4.78 is 1.57. The first-order valence-electron chi connectivity index (χ1n) is 6.11. The number of carboxylic acids is 1. The maximum atomic E-state index is 12.2. The first-order chi connectivity index (χ1) is 9.13. The minimum absolute atomic E-state index is 0.0376. The quantitative estimate of drug-likeness (QED) is 0.843. The largest absolute Gasteiger partial charge is 0.480 e. The van der Waals surface area contributed by atoms with Gasteiger partial charge in [-0.2, -0.15) is 5.10 Å². The van der Waals surface area contributed by atoms with Crippen LogP contribution >= 0.6 is 11.8 Å². The number of carboxylic acid groups (broad SMARTS) is 1. The summed E-state index contributed by atoms with van der Waals surface area (Å²) in [7, 11) is 0. The number of thioether (sulfide) groups is 1. The molecule has 0 aromatic carbocycles. The van der Waals surface area contributed by atoms with Gasteiger partial charge in [0, 0.05) is 12.2 Å². The van der Waals surface area contributed by atoms with Crippen molar-refractivity contribution in [2.45, 2.75) is 37.7 Å². The van der Waals surface area contributed by atoms with Crippen LogP contribution in [-0.2, 0) is 16.1 Å². The molecule has 0 saturated carbocycles. The van der Waals surface area contributed by atoms with Crippen LogP contribution in [0.3, 0.4) is 0 Å². The summed E-state index contributed by atoms with van der Waals surface area (Å²) in [6.07, 6.45) is 3.94. The molecule has 104 valence electrons. The number of aromatic nitrogens is 3. The predicted molar refractivity (Wildman–Crippen MR) is 69.4 cm³/mol. The number of hydrogen-bond donors (Lipinski definition) is 1. The standard InChI is InChI=1S/C11H16N4O3S/c1-2-10-15(8(5-19-10)11(17)18)9(16)3-4-14-7-12-6-13-14/h6-8,10H,2-5H2,1H3,(H,17,18). The van der Waals surface area contributed by atoms with Gasteiger partial charge in [0.15, 0.2) is 0 Å². The van der Waals surface area contributed by atoms with Crippen molar-refractivity contribution in [2.75, 3.05) is 5.75 Å². The van der Waals surface area contributed by atoms with Crippen LogP contribution in [0.25, 0.3) is 0 Å². The van der Waals surface area contributed by atoms with Crippen molar-refractivity contribution in [3.05, 3.63) is 12.7 Å². The van der Waals surface area contributed by atoms with Gasteiger partial charge in [0.2, 0.25) is 5.91 Å². The molecule has 2 heterocycles. The molecule has 2 atom stereocenters. The van der Waals surface area contributed by atoms with E-state index in [2.05, 4.69) is 10.1 Å². The van der Waals surface area contributed by atoms with Crippen LogP contribution in [0.5, 0.6) is 0 Å². The highest BCUT2D eigenvalue weighted by molar-refractivity contribution is 8.00. The molecule has 1 aliphatic heterocycles. The maximum absolute atomic E-state index is 12.2. The summed E-state index contributed by atoms with van der Waals surface area (Å²) >= 11 is 1.53. The number of aryl methyl sites for hydroxylation is 1. The Morgan fingerprint density at radius 2 is 2.32 bits per heavy atom. The Morgan fingerprint density at radius 1 is 1.53 bits per heavy atom. The van der Waals surface area contributed by atoms with Crippen LogP contribution in [0.2, 0.25) is 0 Å². The molecule has 1 saturated heterocycles. The Hall–Kier alpha value is -1.57. The van der Waals surface area contributed by atoms with Gasteiger partial charge in [0.1, 0.15) is 18.7 Å². The molecule has 1 N–H and O–H groups in total. The molecule has 19 heavy (non-hydrogen) atoms. The molecule has 7 nitrogen and oxygen atoms in total. The van der Waals surface area contributed by atoms with Gasteiger partial charge in [-0.1, -0.05) is 6.92 Å². The fraction of sp³-hybridized carbons (Fsp3) is 0.636. The summed E-state index contributed by atoms with van der Waals surface area (Å²) in [4.78, 5) is 28.7. The van der Waals surface area contributed by atoms with Gasteiger partial charge < -0.3 is 10.0 Å². The van der Waals surface area contributed by atoms with Crippen molar-refractivity contribution in [1.82, 2.24) is 19.7 Å². The number of nitrogens with zero attached hydrogens (tertiary/aromatic N) is 4. The predicted octanol–water partition coefficient (Wildman–Crippen LogP) is 0.433. The van der Waals surface area contributed by atoms with Crippen LogP contribution in [0.1, 0.15) is 19.8 Å². The van der Waals surface area contributed by atoms with E-state index in [4.69, 9.17) is 5.11 Å². The summed E-state index contributed by atoms with van der Waals surface area (Å²) in [6.45, 7) is 2.38. The minimum atomic E-state index is -0.933. The first-order valence-corrected chi connectivity index (χ1v) is 7.16. The molecule has 0 bridgehead atoms. The molecular formula is C11H16N4O3S. The average molecular weight is 284 g/mol. The number of aliphatic carboxylic acids is 1. The molecule has 1 aromatic heterocycles. The summed E-state index contributed by atoms with van der Waals surface area (Å²) in [5, 5.41) is 13.0. The van der Waals surface area contributed by atoms with Gasteiger partial charge in [-0.25, -0.2) is 9.78 Å². The third-order valence-electron chi connectivity index (χ3n) is 3.04. The molecule has 1 aromatic rings. The Labute approximate surface area is 115 Å². The minimum Gasteiger partial charge on any atom is -0.480 e. The molecule has 1 amide bonds. The van der Waals surface area contributed by atoms with Gasteiger partial charge >= 0.3 is 5.97 Å². The highest BCUT2D eigenvalue weighted by atomic mass is 32.2. The fourth-order valence-electron chi connectivity index (χ4n) is 2.09. The van der Waals surface area contributed by atoms with Crippen LogP contribution in [0, 0.1) is 0 Å². The molecule has 1 aliphatic rings. The summed E-state index contributed by atoms with van der Waals surface area (Å²) in [5.74, 6) is -0.611. The Bertz CT molecular complexity index is 451. The highest BCUT2D eigenvalue weighted by Gasteiger charge is 2.40. The molecule has 0 aliphatic carbocycles. The van der Waals surface area contributed by atoms with E-state index in [-0.39, 0.29) is 17.7 Å². The number of carbonyl (C=O) groups excluding carboxylic acids is 1. The first kappa shape index (κ1) is 13.9. The van der Waals surface area contributed by atoms with Gasteiger partial charge in [-0.15, -0.1) is 11.8 Å². The van der Waals surface area contributed by atoms with E-state index >= 15 is 0 Å². The van der Waals surface area contributed by atoms with Crippen molar-refractivity contribution in [3.63, 3.8) is 0 Å². The highest BCUT2D eigenvalue weighted by Crippen LogP contribution is 2.31. The van der Waals surface area contributed by atoms with Crippen molar-refractivity contribution in [1.29, 1.82) is 0 Å². The van der Waals surface area contributed by atoms with Crippen LogP contribution in [-0.4, -0.2) is 53.8 Å². The second-order valence-electron chi connectivity index (χ2n) is 4.26. The van der Waals surface area contributed by atoms with Crippen molar-refractivity contribution >= 4 is 23.6 Å². The Kier molecular flexibility index (Phi) is 4.41. The fourth-order valence-corrected chi connectivity index (χ4v) is 3.46. The van der Waals surface area contributed by atoms with E-state index in [1.165, 1.54) is 29.3 Å². The van der Waals surface area contributed by atoms with Crippen LogP contribution < -0.4 is 0 Å². The lowest BCUT2D eigenvalue weighted by atomic mass is 10.2. The second-order valence-corrected chi connectivity index (χ2v) is 5.47. The molecule has 0 radical (unpaired) electrons. The zero-order valence-corrected chi connectivity index (χ0v) is 11.4. The molecule has 0 spiro atoms. The average Bonchev–Trinajstić information content (AvgIpc) is 3.04. The third-order valence-corrected chi connectivity index (χ3v) is 4.49. The molecule has 1 fully saturated rings. The van der Waals surface area contributed by atoms with E-state index in [0.29, 0.717) is 12.3 Å². The second kappa shape index (κ2) is 6.05. The number of carbonyl (C=O) groups is 2. The van der Waals surface area contributed by atoms with E-state index in [0.717, 1.165) is 6.42 Å². The maximum Gasteiger partial charge on any atom is 0.327 e. The van der Waals surface area contributed by atoms with Crippen molar-refractivity contribution in [3.8, 4) is 0 Å². The zero-order chi connectivity index (χ0) is 13.8. The van der Waals surface area contributed by atoms with Crippen LogP contribution in [0.4, 0.5) is 0 Å². The number of hydrogen-bond acceptors (Lipinski definition) is 5. The normalized spacial score (nSPS) is 22.7. The Morgan fingerprint density at radius 3 is 2.89 bits per heavy atom. The zero-order valence-electron chi connectivity index (χ0n) is 10.6. The molecule has 2 unspecified atom stereocenters. The number of amides is 1. The SMILES string of the molecule is CCC1SCC(C(=O)O)N1C(=O)CCn1cncn1. The van der Waals surface area contributed by atoms with E-state index in [9.17, 15) is 9.59 Å². The van der Waals surface area contributed by atoms with Gasteiger partial charge in [0.25, 0.3) is 0 Å². The molecule has 2 rings (SSSR count). The topological polar surface area (TPSA) is 88.3 Å². The van der Waals surface area contributed by atoms with E-state index in [1.807, 2.05) is 6.92 Å².